The summed E-state index contributed by atoms with van der Waals surface area (Å²) in [5, 5.41) is 11.4. The molecule has 1 N–H and O–H groups in total. The highest BCUT2D eigenvalue weighted by molar-refractivity contribution is 5.15. The summed E-state index contributed by atoms with van der Waals surface area (Å²) < 4.78 is 23.9. The Balaban J connectivity index is 1.84. The molecular formula is C22H34O5. The van der Waals surface area contributed by atoms with E-state index in [4.69, 9.17) is 18.9 Å². The molecule has 4 atom stereocenters. The molecule has 2 saturated heterocycles. The molecule has 3 rings (SSSR count). The molecule has 5 heteroatoms. The van der Waals surface area contributed by atoms with Crippen molar-refractivity contribution in [1.82, 2.24) is 0 Å². The minimum atomic E-state index is -1.01. The molecule has 27 heavy (non-hydrogen) atoms. The van der Waals surface area contributed by atoms with Crippen LogP contribution in [0.1, 0.15) is 44.1 Å². The largest absolute Gasteiger partial charge is 0.385 e. The van der Waals surface area contributed by atoms with Gasteiger partial charge in [0.25, 0.3) is 0 Å². The first-order valence-electron chi connectivity index (χ1n) is 10.2. The summed E-state index contributed by atoms with van der Waals surface area (Å²) in [6, 6.07) is 10.4. The number of ether oxygens (including phenoxy) is 4. The smallest absolute Gasteiger partial charge is 0.118 e. The molecule has 0 aliphatic carbocycles. The highest BCUT2D eigenvalue weighted by Crippen LogP contribution is 2.41. The van der Waals surface area contributed by atoms with E-state index in [-0.39, 0.29) is 18.8 Å². The number of fused-ring (bicyclic) bond motifs is 1. The molecule has 0 radical (unpaired) electrons. The van der Waals surface area contributed by atoms with Crippen LogP contribution in [0.3, 0.4) is 0 Å². The molecule has 0 bridgehead atoms. The summed E-state index contributed by atoms with van der Waals surface area (Å²) in [6.45, 7) is 1.50. The third kappa shape index (κ3) is 4.90. The summed E-state index contributed by atoms with van der Waals surface area (Å²) >= 11 is 0. The van der Waals surface area contributed by atoms with Crippen molar-refractivity contribution >= 4 is 0 Å². The summed E-state index contributed by atoms with van der Waals surface area (Å²) in [6.07, 6.45) is 5.58. The van der Waals surface area contributed by atoms with Crippen molar-refractivity contribution in [3.63, 3.8) is 0 Å². The van der Waals surface area contributed by atoms with E-state index in [2.05, 4.69) is 12.1 Å². The zero-order valence-corrected chi connectivity index (χ0v) is 16.7. The van der Waals surface area contributed by atoms with E-state index in [9.17, 15) is 5.11 Å². The van der Waals surface area contributed by atoms with Crippen LogP contribution < -0.4 is 0 Å². The summed E-state index contributed by atoms with van der Waals surface area (Å²) in [5.74, 6) is 0. The summed E-state index contributed by atoms with van der Waals surface area (Å²) in [7, 11) is 3.35. The van der Waals surface area contributed by atoms with Crippen LogP contribution in [0.2, 0.25) is 0 Å². The van der Waals surface area contributed by atoms with Crippen LogP contribution in [0.5, 0.6) is 0 Å². The lowest BCUT2D eigenvalue weighted by atomic mass is 9.86. The zero-order chi connectivity index (χ0) is 19.2. The lowest BCUT2D eigenvalue weighted by Gasteiger charge is -2.41. The first kappa shape index (κ1) is 20.7. The van der Waals surface area contributed by atoms with Crippen LogP contribution in [-0.2, 0) is 25.4 Å². The van der Waals surface area contributed by atoms with Crippen LogP contribution in [0, 0.1) is 0 Å². The molecule has 152 valence electrons. The first-order chi connectivity index (χ1) is 13.1. The number of rotatable bonds is 7. The van der Waals surface area contributed by atoms with Gasteiger partial charge in [-0.15, -0.1) is 0 Å². The number of hydrogen-bond donors (Lipinski definition) is 1. The van der Waals surface area contributed by atoms with Gasteiger partial charge in [0.1, 0.15) is 11.2 Å². The van der Waals surface area contributed by atoms with Gasteiger partial charge >= 0.3 is 0 Å². The van der Waals surface area contributed by atoms with Gasteiger partial charge in [-0.2, -0.15) is 0 Å². The lowest BCUT2D eigenvalue weighted by molar-refractivity contribution is -0.219. The van der Waals surface area contributed by atoms with Crippen molar-refractivity contribution in [2.24, 2.45) is 0 Å². The second-order valence-electron chi connectivity index (χ2n) is 8.02. The number of hydrogen-bond acceptors (Lipinski definition) is 5. The van der Waals surface area contributed by atoms with Gasteiger partial charge in [-0.3, -0.25) is 0 Å². The SMILES string of the molecule is COC[C@@]12CCCCOC1CC[C@](O)(COC)[C@H](CCc1ccccc1)O2. The molecule has 1 aromatic carbocycles. The molecule has 1 aromatic rings. The standard InChI is InChI=1S/C22H34O5/c1-24-16-21(23)14-12-20-22(17-25-2,13-6-7-15-26-20)27-19(21)11-10-18-8-4-3-5-9-18/h3-5,8-9,19-20,23H,6-7,10-17H2,1-2H3/t19-,20?,21-,22-/m0/s1. The Morgan fingerprint density at radius 3 is 2.59 bits per heavy atom. The number of methoxy groups -OCH3 is 2. The maximum absolute atomic E-state index is 11.4. The Morgan fingerprint density at radius 2 is 1.85 bits per heavy atom. The molecule has 2 fully saturated rings. The van der Waals surface area contributed by atoms with E-state index in [0.717, 1.165) is 45.1 Å². The normalized spacial score (nSPS) is 34.5. The molecule has 0 amide bonds. The van der Waals surface area contributed by atoms with Gasteiger partial charge in [0, 0.05) is 20.8 Å². The lowest BCUT2D eigenvalue weighted by Crippen LogP contribution is -2.53. The maximum atomic E-state index is 11.4. The predicted molar refractivity (Wildman–Crippen MR) is 104 cm³/mol. The summed E-state index contributed by atoms with van der Waals surface area (Å²) in [5.41, 5.74) is -0.260. The van der Waals surface area contributed by atoms with Crippen molar-refractivity contribution in [3.8, 4) is 0 Å². The molecule has 5 nitrogen and oxygen atoms in total. The fraction of sp³-hybridized carbons (Fsp3) is 0.727. The second-order valence-corrected chi connectivity index (χ2v) is 8.02. The molecule has 0 aromatic heterocycles. The van der Waals surface area contributed by atoms with Gasteiger partial charge in [-0.05, 0) is 50.5 Å². The van der Waals surface area contributed by atoms with Gasteiger partial charge in [-0.25, -0.2) is 0 Å². The minimum absolute atomic E-state index is 0.0509. The van der Waals surface area contributed by atoms with E-state index in [1.165, 1.54) is 5.56 Å². The average molecular weight is 379 g/mol. The quantitative estimate of drug-likeness (QED) is 0.790. The Labute approximate surface area is 163 Å². The van der Waals surface area contributed by atoms with Crippen molar-refractivity contribution in [2.75, 3.05) is 34.0 Å². The fourth-order valence-electron chi connectivity index (χ4n) is 4.61. The van der Waals surface area contributed by atoms with Gasteiger partial charge in [0.05, 0.1) is 25.4 Å². The average Bonchev–Trinajstić information content (AvgIpc) is 2.92. The van der Waals surface area contributed by atoms with Gasteiger partial charge in [0.15, 0.2) is 0 Å². The Bertz CT molecular complexity index is 565. The number of aliphatic hydroxyl groups is 1. The van der Waals surface area contributed by atoms with Crippen molar-refractivity contribution in [2.45, 2.75) is 68.4 Å². The van der Waals surface area contributed by atoms with E-state index < -0.39 is 11.2 Å². The zero-order valence-electron chi connectivity index (χ0n) is 16.7. The third-order valence-corrected chi connectivity index (χ3v) is 6.04. The second kappa shape index (κ2) is 9.48. The topological polar surface area (TPSA) is 57.2 Å². The molecule has 2 heterocycles. The molecule has 0 spiro atoms. The van der Waals surface area contributed by atoms with Gasteiger partial charge in [0.2, 0.25) is 0 Å². The van der Waals surface area contributed by atoms with Crippen molar-refractivity contribution in [3.05, 3.63) is 35.9 Å². The monoisotopic (exact) mass is 378 g/mol. The van der Waals surface area contributed by atoms with Crippen LogP contribution in [-0.4, -0.2) is 62.6 Å². The van der Waals surface area contributed by atoms with Crippen LogP contribution in [0.15, 0.2) is 30.3 Å². The third-order valence-electron chi connectivity index (χ3n) is 6.04. The van der Waals surface area contributed by atoms with E-state index in [1.807, 2.05) is 18.2 Å². The van der Waals surface area contributed by atoms with Crippen LogP contribution >= 0.6 is 0 Å². The van der Waals surface area contributed by atoms with Crippen LogP contribution in [0.4, 0.5) is 0 Å². The molecule has 2 aliphatic rings. The minimum Gasteiger partial charge on any atom is -0.385 e. The molecule has 2 aliphatic heterocycles. The highest BCUT2D eigenvalue weighted by Gasteiger charge is 2.52. The van der Waals surface area contributed by atoms with Gasteiger partial charge in [-0.1, -0.05) is 30.3 Å². The summed E-state index contributed by atoms with van der Waals surface area (Å²) in [4.78, 5) is 0. The number of aryl methyl sites for hydroxylation is 1. The fourth-order valence-corrected chi connectivity index (χ4v) is 4.61. The van der Waals surface area contributed by atoms with Crippen molar-refractivity contribution in [1.29, 1.82) is 0 Å². The Morgan fingerprint density at radius 1 is 1.07 bits per heavy atom. The molecule has 0 saturated carbocycles. The molecular weight excluding hydrogens is 344 g/mol. The van der Waals surface area contributed by atoms with E-state index in [0.29, 0.717) is 13.0 Å². The Kier molecular flexibility index (Phi) is 7.29. The van der Waals surface area contributed by atoms with Crippen molar-refractivity contribution < 1.29 is 24.1 Å². The highest BCUT2D eigenvalue weighted by atomic mass is 16.6. The van der Waals surface area contributed by atoms with Crippen LogP contribution in [0.25, 0.3) is 0 Å². The Hall–Kier alpha value is -0.980. The molecule has 1 unspecified atom stereocenters. The number of benzene rings is 1. The van der Waals surface area contributed by atoms with Gasteiger partial charge < -0.3 is 24.1 Å². The first-order valence-corrected chi connectivity index (χ1v) is 10.2. The van der Waals surface area contributed by atoms with E-state index >= 15 is 0 Å². The maximum Gasteiger partial charge on any atom is 0.118 e. The van der Waals surface area contributed by atoms with E-state index in [1.54, 1.807) is 14.2 Å². The predicted octanol–water partition coefficient (Wildman–Crippen LogP) is 3.13.